The molecule has 2 aromatic rings. The summed E-state index contributed by atoms with van der Waals surface area (Å²) >= 11 is 5.73. The van der Waals surface area contributed by atoms with Crippen LogP contribution in [0.2, 0.25) is 0 Å². The Morgan fingerprint density at radius 2 is 2.10 bits per heavy atom. The van der Waals surface area contributed by atoms with Crippen LogP contribution < -0.4 is 5.73 Å². The van der Waals surface area contributed by atoms with E-state index in [0.717, 1.165) is 6.07 Å². The fourth-order valence-electron chi connectivity index (χ4n) is 2.49. The Morgan fingerprint density at radius 1 is 1.43 bits per heavy atom. The van der Waals surface area contributed by atoms with Gasteiger partial charge >= 0.3 is 0 Å². The van der Waals surface area contributed by atoms with Gasteiger partial charge in [0.1, 0.15) is 17.4 Å². The Hall–Kier alpha value is -1.69. The van der Waals surface area contributed by atoms with Crippen LogP contribution in [0.4, 0.5) is 8.78 Å². The normalized spacial score (nSPS) is 13.0. The number of aryl methyl sites for hydroxylation is 1. The smallest absolute Gasteiger partial charge is 0.240 e. The molecule has 1 aromatic heterocycles. The van der Waals surface area contributed by atoms with Crippen LogP contribution >= 0.6 is 11.6 Å². The molecule has 1 aromatic carbocycles. The average molecular weight is 316 g/mol. The summed E-state index contributed by atoms with van der Waals surface area (Å²) in [4.78, 5) is 16.0. The second-order valence-electron chi connectivity index (χ2n) is 5.16. The molecule has 114 valence electrons. The van der Waals surface area contributed by atoms with Gasteiger partial charge in [0.15, 0.2) is 11.6 Å². The molecular weight excluding hydrogens is 300 g/mol. The van der Waals surface area contributed by atoms with Gasteiger partial charge in [0.05, 0.1) is 5.52 Å². The van der Waals surface area contributed by atoms with Crippen molar-refractivity contribution in [2.75, 3.05) is 5.88 Å². The average Bonchev–Trinajstić information content (AvgIpc) is 2.73. The lowest BCUT2D eigenvalue weighted by Gasteiger charge is -2.22. The summed E-state index contributed by atoms with van der Waals surface area (Å²) in [6.45, 7) is 3.56. The zero-order valence-corrected chi connectivity index (χ0v) is 12.5. The van der Waals surface area contributed by atoms with E-state index in [4.69, 9.17) is 17.3 Å². The van der Waals surface area contributed by atoms with E-state index in [0.29, 0.717) is 12.2 Å². The highest BCUT2D eigenvalue weighted by molar-refractivity contribution is 6.17. The van der Waals surface area contributed by atoms with Gasteiger partial charge in [-0.2, -0.15) is 0 Å². The third-order valence-electron chi connectivity index (χ3n) is 3.34. The molecule has 1 atom stereocenters. The van der Waals surface area contributed by atoms with E-state index in [1.165, 1.54) is 10.6 Å². The Bertz CT molecular complexity index is 684. The lowest BCUT2D eigenvalue weighted by Crippen LogP contribution is -2.32. The molecule has 1 unspecified atom stereocenters. The van der Waals surface area contributed by atoms with Crippen LogP contribution in [0, 0.1) is 17.6 Å². The van der Waals surface area contributed by atoms with Crippen molar-refractivity contribution in [1.82, 2.24) is 9.55 Å². The molecule has 7 heteroatoms. The number of aromatic nitrogens is 2. The number of alkyl halides is 1. The molecule has 0 saturated heterocycles. The fraction of sp³-hybridized carbons (Fsp3) is 0.429. The van der Waals surface area contributed by atoms with Crippen LogP contribution in [-0.4, -0.2) is 21.3 Å². The highest BCUT2D eigenvalue weighted by atomic mass is 35.5. The van der Waals surface area contributed by atoms with Crippen LogP contribution in [-0.2, 0) is 11.2 Å². The number of halogens is 3. The molecule has 0 radical (unpaired) electrons. The van der Waals surface area contributed by atoms with Crippen LogP contribution in [0.3, 0.4) is 0 Å². The molecule has 1 amide bonds. The van der Waals surface area contributed by atoms with Gasteiger partial charge in [-0.05, 0) is 18.1 Å². The number of fused-ring (bicyclic) bond motifs is 1. The Morgan fingerprint density at radius 3 is 2.62 bits per heavy atom. The minimum Gasteiger partial charge on any atom is -0.368 e. The van der Waals surface area contributed by atoms with Gasteiger partial charge in [-0.1, -0.05) is 13.8 Å². The molecule has 2 N–H and O–H groups in total. The maximum absolute atomic E-state index is 14.2. The van der Waals surface area contributed by atoms with Crippen molar-refractivity contribution < 1.29 is 13.6 Å². The van der Waals surface area contributed by atoms with Gasteiger partial charge in [-0.25, -0.2) is 13.8 Å². The molecule has 0 saturated carbocycles. The summed E-state index contributed by atoms with van der Waals surface area (Å²) in [6.07, 6.45) is 0.327. The van der Waals surface area contributed by atoms with Crippen LogP contribution in [0.15, 0.2) is 12.1 Å². The van der Waals surface area contributed by atoms with Crippen molar-refractivity contribution in [3.05, 3.63) is 29.6 Å². The second kappa shape index (κ2) is 5.97. The van der Waals surface area contributed by atoms with Crippen molar-refractivity contribution in [2.45, 2.75) is 26.3 Å². The van der Waals surface area contributed by atoms with Gasteiger partial charge in [-0.3, -0.25) is 4.79 Å². The predicted molar refractivity (Wildman–Crippen MR) is 77.1 cm³/mol. The van der Waals surface area contributed by atoms with Crippen LogP contribution in [0.25, 0.3) is 11.0 Å². The van der Waals surface area contributed by atoms with Gasteiger partial charge in [0.25, 0.3) is 0 Å². The zero-order valence-electron chi connectivity index (χ0n) is 11.7. The monoisotopic (exact) mass is 315 g/mol. The Balaban J connectivity index is 2.81. The van der Waals surface area contributed by atoms with Crippen molar-refractivity contribution in [1.29, 1.82) is 0 Å². The molecule has 1 heterocycles. The van der Waals surface area contributed by atoms with Crippen LogP contribution in [0.5, 0.6) is 0 Å². The van der Waals surface area contributed by atoms with E-state index in [1.807, 2.05) is 0 Å². The first-order chi connectivity index (χ1) is 9.88. The number of amides is 1. The number of hydrogen-bond acceptors (Lipinski definition) is 2. The Labute approximate surface area is 125 Å². The number of nitrogens with zero attached hydrogens (tertiary/aromatic N) is 2. The largest absolute Gasteiger partial charge is 0.368 e. The van der Waals surface area contributed by atoms with Gasteiger partial charge in [-0.15, -0.1) is 11.6 Å². The summed E-state index contributed by atoms with van der Waals surface area (Å²) in [6, 6.07) is 1.57. The fourth-order valence-corrected chi connectivity index (χ4v) is 2.65. The summed E-state index contributed by atoms with van der Waals surface area (Å²) in [5, 5.41) is 0. The van der Waals surface area contributed by atoms with E-state index in [-0.39, 0.29) is 22.8 Å². The van der Waals surface area contributed by atoms with Crippen molar-refractivity contribution in [2.24, 2.45) is 11.7 Å². The SMILES string of the molecule is CC(C)C(C(N)=O)n1c(CCCl)nc2ccc(F)c(F)c21. The third-order valence-corrected chi connectivity index (χ3v) is 3.52. The number of carbonyl (C=O) groups is 1. The molecule has 0 aliphatic rings. The van der Waals surface area contributed by atoms with E-state index < -0.39 is 23.6 Å². The number of carbonyl (C=O) groups excluding carboxylic acids is 1. The molecule has 0 bridgehead atoms. The van der Waals surface area contributed by atoms with Crippen molar-refractivity contribution >= 4 is 28.5 Å². The minimum absolute atomic E-state index is 0.0485. The number of primary amides is 1. The topological polar surface area (TPSA) is 60.9 Å². The quantitative estimate of drug-likeness (QED) is 0.862. The van der Waals surface area contributed by atoms with Gasteiger partial charge in [0.2, 0.25) is 5.91 Å². The lowest BCUT2D eigenvalue weighted by molar-refractivity contribution is -0.122. The number of rotatable bonds is 5. The number of nitrogens with two attached hydrogens (primary N) is 1. The van der Waals surface area contributed by atoms with E-state index >= 15 is 0 Å². The van der Waals surface area contributed by atoms with E-state index in [2.05, 4.69) is 4.98 Å². The molecular formula is C14H16ClF2N3O. The first-order valence-electron chi connectivity index (χ1n) is 6.58. The van der Waals surface area contributed by atoms with Gasteiger partial charge in [0, 0.05) is 12.3 Å². The van der Waals surface area contributed by atoms with Gasteiger partial charge < -0.3 is 10.3 Å². The first kappa shape index (κ1) is 15.7. The number of hydrogen-bond donors (Lipinski definition) is 1. The van der Waals surface area contributed by atoms with Crippen molar-refractivity contribution in [3.8, 4) is 0 Å². The maximum atomic E-state index is 14.2. The lowest BCUT2D eigenvalue weighted by atomic mass is 10.0. The summed E-state index contributed by atoms with van der Waals surface area (Å²) in [7, 11) is 0. The molecule has 0 aliphatic heterocycles. The molecule has 4 nitrogen and oxygen atoms in total. The molecule has 0 spiro atoms. The molecule has 0 aliphatic carbocycles. The van der Waals surface area contributed by atoms with Crippen molar-refractivity contribution in [3.63, 3.8) is 0 Å². The number of benzene rings is 1. The highest BCUT2D eigenvalue weighted by Gasteiger charge is 2.28. The Kier molecular flexibility index (Phi) is 4.46. The third kappa shape index (κ3) is 2.72. The standard InChI is InChI=1S/C14H16ClF2N3O/c1-7(2)12(14(18)21)20-10(5-6-15)19-9-4-3-8(16)11(17)13(9)20/h3-4,7,12H,5-6H2,1-2H3,(H2,18,21). The summed E-state index contributed by atoms with van der Waals surface area (Å²) in [5.74, 6) is -2.18. The van der Waals surface area contributed by atoms with E-state index in [1.54, 1.807) is 13.8 Å². The molecule has 2 rings (SSSR count). The predicted octanol–water partition coefficient (Wildman–Crippen LogP) is 2.78. The minimum atomic E-state index is -1.03. The zero-order chi connectivity index (χ0) is 15.7. The molecule has 21 heavy (non-hydrogen) atoms. The second-order valence-corrected chi connectivity index (χ2v) is 5.54. The van der Waals surface area contributed by atoms with E-state index in [9.17, 15) is 13.6 Å². The number of imidazole rings is 1. The highest BCUT2D eigenvalue weighted by Crippen LogP contribution is 2.29. The summed E-state index contributed by atoms with van der Waals surface area (Å²) in [5.41, 5.74) is 5.67. The summed E-state index contributed by atoms with van der Waals surface area (Å²) < 4.78 is 29.1. The maximum Gasteiger partial charge on any atom is 0.240 e. The molecule has 0 fully saturated rings. The van der Waals surface area contributed by atoms with Crippen LogP contribution in [0.1, 0.15) is 25.7 Å². The first-order valence-corrected chi connectivity index (χ1v) is 7.12.